The van der Waals surface area contributed by atoms with Gasteiger partial charge in [-0.15, -0.1) is 11.3 Å². The van der Waals surface area contributed by atoms with Gasteiger partial charge < -0.3 is 14.1 Å². The molecular weight excluding hydrogens is 366 g/mol. The molecule has 0 atom stereocenters. The summed E-state index contributed by atoms with van der Waals surface area (Å²) in [6.45, 7) is 6.57. The Bertz CT molecular complexity index is 955. The lowest BCUT2D eigenvalue weighted by Crippen LogP contribution is -2.34. The van der Waals surface area contributed by atoms with Gasteiger partial charge >= 0.3 is 12.0 Å². The molecule has 0 saturated heterocycles. The van der Waals surface area contributed by atoms with E-state index < -0.39 is 5.97 Å². The van der Waals surface area contributed by atoms with Crippen molar-refractivity contribution in [2.24, 2.45) is 0 Å². The molecule has 0 radical (unpaired) electrons. The third-order valence-corrected chi connectivity index (χ3v) is 5.31. The molecule has 2 amide bonds. The summed E-state index contributed by atoms with van der Waals surface area (Å²) >= 11 is 1.42. The molecule has 0 unspecified atom stereocenters. The zero-order valence-electron chi connectivity index (χ0n) is 15.7. The van der Waals surface area contributed by atoms with E-state index in [-0.39, 0.29) is 17.5 Å². The second kappa shape index (κ2) is 7.79. The van der Waals surface area contributed by atoms with Crippen LogP contribution < -0.4 is 5.32 Å². The maximum absolute atomic E-state index is 12.5. The number of fused-ring (bicyclic) bond motifs is 1. The van der Waals surface area contributed by atoms with Crippen molar-refractivity contribution >= 4 is 39.4 Å². The molecule has 0 fully saturated rings. The van der Waals surface area contributed by atoms with E-state index in [0.29, 0.717) is 29.4 Å². The fourth-order valence-electron chi connectivity index (χ4n) is 2.85. The predicted molar refractivity (Wildman–Crippen MR) is 105 cm³/mol. The molecule has 0 aliphatic rings. The third-order valence-electron chi connectivity index (χ3n) is 4.25. The first-order valence-electron chi connectivity index (χ1n) is 8.63. The summed E-state index contributed by atoms with van der Waals surface area (Å²) in [7, 11) is 1.31. The Morgan fingerprint density at radius 2 is 1.96 bits per heavy atom. The average molecular weight is 387 g/mol. The van der Waals surface area contributed by atoms with Gasteiger partial charge in [0.2, 0.25) is 5.88 Å². The van der Waals surface area contributed by atoms with E-state index in [1.165, 1.54) is 18.4 Å². The number of nitrogens with one attached hydrogen (secondary N) is 1. The van der Waals surface area contributed by atoms with E-state index in [9.17, 15) is 9.59 Å². The lowest BCUT2D eigenvalue weighted by molar-refractivity contribution is 0.0599. The molecule has 0 saturated carbocycles. The second-order valence-electron chi connectivity index (χ2n) is 5.82. The first-order chi connectivity index (χ1) is 13.0. The summed E-state index contributed by atoms with van der Waals surface area (Å²) in [5.41, 5.74) is 1.53. The van der Waals surface area contributed by atoms with Crippen LogP contribution in [0.3, 0.4) is 0 Å². The third kappa shape index (κ3) is 3.52. The van der Waals surface area contributed by atoms with E-state index in [1.54, 1.807) is 11.8 Å². The van der Waals surface area contributed by atoms with Crippen molar-refractivity contribution < 1.29 is 18.7 Å². The number of nitrogens with zero attached hydrogens (tertiary/aromatic N) is 2. The number of aromatic nitrogens is 1. The van der Waals surface area contributed by atoms with Gasteiger partial charge in [-0.05, 0) is 32.9 Å². The van der Waals surface area contributed by atoms with Crippen LogP contribution in [-0.2, 0) is 4.74 Å². The summed E-state index contributed by atoms with van der Waals surface area (Å²) in [6, 6.07) is 7.38. The molecule has 8 heteroatoms. The highest BCUT2D eigenvalue weighted by molar-refractivity contribution is 7.21. The topological polar surface area (TPSA) is 84.7 Å². The van der Waals surface area contributed by atoms with Crippen LogP contribution in [-0.4, -0.2) is 42.1 Å². The van der Waals surface area contributed by atoms with Crippen LogP contribution in [0.15, 0.2) is 28.7 Å². The highest BCUT2D eigenvalue weighted by Crippen LogP contribution is 2.40. The van der Waals surface area contributed by atoms with Gasteiger partial charge in [-0.1, -0.05) is 12.1 Å². The van der Waals surface area contributed by atoms with E-state index in [4.69, 9.17) is 9.15 Å². The average Bonchev–Trinajstić information content (AvgIpc) is 3.22. The summed E-state index contributed by atoms with van der Waals surface area (Å²) in [5.74, 6) is 0.0312. The van der Waals surface area contributed by atoms with Crippen molar-refractivity contribution in [1.82, 2.24) is 9.88 Å². The number of carbonyl (C=O) groups excluding carboxylic acids is 2. The van der Waals surface area contributed by atoms with E-state index in [2.05, 4.69) is 10.3 Å². The van der Waals surface area contributed by atoms with Crippen LogP contribution in [0.25, 0.3) is 20.8 Å². The summed E-state index contributed by atoms with van der Waals surface area (Å²) in [4.78, 5) is 31.1. The molecule has 142 valence electrons. The summed E-state index contributed by atoms with van der Waals surface area (Å²) in [5, 5.41) is 3.36. The molecular formula is C19H21N3O4S. The number of urea groups is 1. The molecule has 2 aromatic heterocycles. The zero-order valence-corrected chi connectivity index (χ0v) is 16.5. The number of anilines is 1. The van der Waals surface area contributed by atoms with Crippen LogP contribution in [0.4, 0.5) is 10.7 Å². The van der Waals surface area contributed by atoms with Gasteiger partial charge in [-0.3, -0.25) is 5.32 Å². The number of methoxy groups -OCH3 is 1. The summed E-state index contributed by atoms with van der Waals surface area (Å²) in [6.07, 6.45) is 0. The van der Waals surface area contributed by atoms with Crippen molar-refractivity contribution in [2.75, 3.05) is 25.5 Å². The maximum Gasteiger partial charge on any atom is 0.342 e. The number of benzene rings is 1. The number of ether oxygens (including phenoxy) is 1. The van der Waals surface area contributed by atoms with E-state index in [0.717, 1.165) is 10.2 Å². The smallest absolute Gasteiger partial charge is 0.342 e. The molecule has 27 heavy (non-hydrogen) atoms. The molecule has 1 aromatic carbocycles. The molecule has 0 aliphatic carbocycles. The largest absolute Gasteiger partial charge is 0.465 e. The second-order valence-corrected chi connectivity index (χ2v) is 6.85. The molecule has 2 heterocycles. The minimum atomic E-state index is -0.533. The molecule has 7 nitrogen and oxygen atoms in total. The van der Waals surface area contributed by atoms with Gasteiger partial charge in [0.15, 0.2) is 0 Å². The molecule has 3 aromatic rings. The standard InChI is InChI=1S/C19H21N3O4S/c1-5-22(6-2)19(24)21-16-15(14(11(3)26-16)18(23)25-4)17-20-12-9-7-8-10-13(12)27-17/h7-10H,5-6H2,1-4H3,(H,21,24). The Morgan fingerprint density at radius 3 is 2.59 bits per heavy atom. The Morgan fingerprint density at radius 1 is 1.26 bits per heavy atom. The lowest BCUT2D eigenvalue weighted by Gasteiger charge is -2.18. The van der Waals surface area contributed by atoms with Crippen molar-refractivity contribution in [2.45, 2.75) is 20.8 Å². The minimum absolute atomic E-state index is 0.198. The number of thiazole rings is 1. The molecule has 1 N–H and O–H groups in total. The SMILES string of the molecule is CCN(CC)C(=O)Nc1oc(C)c(C(=O)OC)c1-c1nc2ccccc2s1. The number of esters is 1. The van der Waals surface area contributed by atoms with Gasteiger partial charge in [-0.2, -0.15) is 0 Å². The maximum atomic E-state index is 12.5. The highest BCUT2D eigenvalue weighted by atomic mass is 32.1. The van der Waals surface area contributed by atoms with Gasteiger partial charge in [0.1, 0.15) is 16.3 Å². The number of amides is 2. The van der Waals surface area contributed by atoms with E-state index >= 15 is 0 Å². The number of hydrogen-bond acceptors (Lipinski definition) is 6. The normalized spacial score (nSPS) is 10.8. The van der Waals surface area contributed by atoms with Crippen LogP contribution in [0, 0.1) is 6.92 Å². The number of hydrogen-bond donors (Lipinski definition) is 1. The van der Waals surface area contributed by atoms with Gasteiger partial charge in [0, 0.05) is 13.1 Å². The molecule has 0 bridgehead atoms. The zero-order chi connectivity index (χ0) is 19.6. The fourth-order valence-corrected chi connectivity index (χ4v) is 3.86. The van der Waals surface area contributed by atoms with Crippen molar-refractivity contribution in [3.63, 3.8) is 0 Å². The van der Waals surface area contributed by atoms with Crippen molar-refractivity contribution in [1.29, 1.82) is 0 Å². The number of aryl methyl sites for hydroxylation is 1. The first kappa shape index (κ1) is 18.9. The van der Waals surface area contributed by atoms with Crippen molar-refractivity contribution in [3.8, 4) is 10.6 Å². The monoisotopic (exact) mass is 387 g/mol. The molecule has 3 rings (SSSR count). The van der Waals surface area contributed by atoms with Gasteiger partial charge in [0.05, 0.1) is 22.9 Å². The minimum Gasteiger partial charge on any atom is -0.465 e. The van der Waals surface area contributed by atoms with Crippen LogP contribution in [0.1, 0.15) is 30.0 Å². The Balaban J connectivity index is 2.14. The van der Waals surface area contributed by atoms with Gasteiger partial charge in [0.25, 0.3) is 0 Å². The highest BCUT2D eigenvalue weighted by Gasteiger charge is 2.29. The van der Waals surface area contributed by atoms with Crippen molar-refractivity contribution in [3.05, 3.63) is 35.6 Å². The van der Waals surface area contributed by atoms with Crippen LogP contribution in [0.5, 0.6) is 0 Å². The van der Waals surface area contributed by atoms with E-state index in [1.807, 2.05) is 38.1 Å². The van der Waals surface area contributed by atoms with Gasteiger partial charge in [-0.25, -0.2) is 14.6 Å². The number of rotatable bonds is 5. The Kier molecular flexibility index (Phi) is 5.46. The fraction of sp³-hybridized carbons (Fsp3) is 0.316. The molecule has 0 aliphatic heterocycles. The predicted octanol–water partition coefficient (Wildman–Crippen LogP) is 4.53. The lowest BCUT2D eigenvalue weighted by atomic mass is 10.1. The number of furan rings is 1. The number of carbonyl (C=O) groups is 2. The molecule has 0 spiro atoms. The number of para-hydroxylation sites is 1. The quantitative estimate of drug-likeness (QED) is 0.651. The Labute approximate surface area is 160 Å². The van der Waals surface area contributed by atoms with Crippen LogP contribution >= 0.6 is 11.3 Å². The first-order valence-corrected chi connectivity index (χ1v) is 9.45. The summed E-state index contributed by atoms with van der Waals surface area (Å²) < 4.78 is 11.6. The Hall–Kier alpha value is -2.87. The van der Waals surface area contributed by atoms with Crippen LogP contribution in [0.2, 0.25) is 0 Å².